The molecule has 0 fully saturated rings. The first-order chi connectivity index (χ1) is 11.5. The molecule has 2 aromatic heterocycles. The van der Waals surface area contributed by atoms with Crippen LogP contribution in [0.1, 0.15) is 42.2 Å². The van der Waals surface area contributed by atoms with Crippen LogP contribution in [0.15, 0.2) is 29.3 Å². The zero-order valence-electron chi connectivity index (χ0n) is 14.8. The molecule has 0 aliphatic heterocycles. The Labute approximate surface area is 147 Å². The minimum Gasteiger partial charge on any atom is -0.299 e. The molecule has 0 saturated carbocycles. The van der Waals surface area contributed by atoms with Gasteiger partial charge in [-0.05, 0) is 43.9 Å². The lowest BCUT2D eigenvalue weighted by Crippen LogP contribution is -2.20. The minimum atomic E-state index is 0.0914. The van der Waals surface area contributed by atoms with E-state index in [0.29, 0.717) is 0 Å². The van der Waals surface area contributed by atoms with Crippen molar-refractivity contribution in [2.45, 2.75) is 53.5 Å². The maximum Gasteiger partial charge on any atom is 0.262 e. The summed E-state index contributed by atoms with van der Waals surface area (Å²) >= 11 is 1.61. The first-order valence-corrected chi connectivity index (χ1v) is 9.40. The van der Waals surface area contributed by atoms with E-state index in [0.717, 1.165) is 52.0 Å². The molecule has 4 heteroatoms. The molecule has 3 aromatic rings. The Morgan fingerprint density at radius 3 is 2.62 bits per heavy atom. The van der Waals surface area contributed by atoms with E-state index in [1.165, 1.54) is 11.1 Å². The van der Waals surface area contributed by atoms with E-state index in [1.54, 1.807) is 22.2 Å². The van der Waals surface area contributed by atoms with Crippen LogP contribution < -0.4 is 5.56 Å². The van der Waals surface area contributed by atoms with Crippen LogP contribution in [-0.2, 0) is 6.54 Å². The van der Waals surface area contributed by atoms with Gasteiger partial charge < -0.3 is 0 Å². The number of benzene rings is 1. The second-order valence-corrected chi connectivity index (χ2v) is 7.67. The Morgan fingerprint density at radius 2 is 1.92 bits per heavy atom. The van der Waals surface area contributed by atoms with Gasteiger partial charge in [-0.3, -0.25) is 9.36 Å². The van der Waals surface area contributed by atoms with Crippen LogP contribution in [0, 0.1) is 20.8 Å². The maximum absolute atomic E-state index is 13.0. The number of thiophene rings is 1. The fourth-order valence-electron chi connectivity index (χ4n) is 3.07. The number of aryl methyl sites for hydroxylation is 4. The average Bonchev–Trinajstić information content (AvgIpc) is 2.89. The number of hydrogen-bond donors (Lipinski definition) is 0. The van der Waals surface area contributed by atoms with Gasteiger partial charge in [-0.1, -0.05) is 38.0 Å². The first-order valence-electron chi connectivity index (χ1n) is 8.59. The quantitative estimate of drug-likeness (QED) is 0.595. The van der Waals surface area contributed by atoms with Crippen molar-refractivity contribution in [3.05, 3.63) is 50.9 Å². The van der Waals surface area contributed by atoms with Gasteiger partial charge in [0.05, 0.1) is 11.7 Å². The third-order valence-electron chi connectivity index (χ3n) is 4.65. The van der Waals surface area contributed by atoms with Gasteiger partial charge >= 0.3 is 0 Å². The van der Waals surface area contributed by atoms with Gasteiger partial charge in [0.1, 0.15) is 4.83 Å². The normalized spacial score (nSPS) is 11.3. The Morgan fingerprint density at radius 1 is 1.12 bits per heavy atom. The summed E-state index contributed by atoms with van der Waals surface area (Å²) in [4.78, 5) is 19.6. The van der Waals surface area contributed by atoms with Crippen LogP contribution >= 0.6 is 11.3 Å². The molecule has 0 aliphatic carbocycles. The fraction of sp³-hybridized carbons (Fsp3) is 0.400. The lowest BCUT2D eigenvalue weighted by atomic mass is 9.99. The van der Waals surface area contributed by atoms with Crippen molar-refractivity contribution in [1.29, 1.82) is 0 Å². The monoisotopic (exact) mass is 340 g/mol. The molecule has 1 aromatic carbocycles. The Hall–Kier alpha value is -1.94. The maximum atomic E-state index is 13.0. The molecule has 0 saturated heterocycles. The van der Waals surface area contributed by atoms with Gasteiger partial charge in [0.25, 0.3) is 5.56 Å². The summed E-state index contributed by atoms with van der Waals surface area (Å²) in [5.74, 6) is 0. The summed E-state index contributed by atoms with van der Waals surface area (Å²) in [6.45, 7) is 9.23. The van der Waals surface area contributed by atoms with Crippen molar-refractivity contribution < 1.29 is 0 Å². The Bertz CT molecular complexity index is 937. The van der Waals surface area contributed by atoms with Gasteiger partial charge in [-0.25, -0.2) is 4.98 Å². The summed E-state index contributed by atoms with van der Waals surface area (Å²) in [7, 11) is 0. The molecular weight excluding hydrogens is 316 g/mol. The number of nitrogens with zero attached hydrogens (tertiary/aromatic N) is 2. The second kappa shape index (κ2) is 6.89. The van der Waals surface area contributed by atoms with Crippen molar-refractivity contribution >= 4 is 21.6 Å². The average molecular weight is 340 g/mol. The molecule has 0 atom stereocenters. The van der Waals surface area contributed by atoms with Gasteiger partial charge in [-0.2, -0.15) is 0 Å². The smallest absolute Gasteiger partial charge is 0.262 e. The van der Waals surface area contributed by atoms with Crippen LogP contribution in [0.4, 0.5) is 0 Å². The molecule has 0 aliphatic rings. The second-order valence-electron chi connectivity index (χ2n) is 6.46. The summed E-state index contributed by atoms with van der Waals surface area (Å²) in [6, 6.07) is 6.42. The molecule has 24 heavy (non-hydrogen) atoms. The molecular formula is C20H24N2OS. The van der Waals surface area contributed by atoms with Crippen molar-refractivity contribution in [3.8, 4) is 11.1 Å². The number of rotatable bonds is 5. The van der Waals surface area contributed by atoms with Crippen molar-refractivity contribution in [1.82, 2.24) is 9.55 Å². The lowest BCUT2D eigenvalue weighted by molar-refractivity contribution is 0.584. The SMILES string of the molecule is CCCCCn1cnc2sc(C)c(-c3ccc(C)c(C)c3)c2c1=O. The molecule has 126 valence electrons. The summed E-state index contributed by atoms with van der Waals surface area (Å²) < 4.78 is 1.77. The summed E-state index contributed by atoms with van der Waals surface area (Å²) in [5.41, 5.74) is 4.78. The van der Waals surface area contributed by atoms with Gasteiger partial charge in [0.2, 0.25) is 0 Å². The minimum absolute atomic E-state index is 0.0914. The third-order valence-corrected chi connectivity index (χ3v) is 5.67. The predicted octanol–water partition coefficient (Wildman–Crippen LogP) is 5.24. The van der Waals surface area contributed by atoms with E-state index in [2.05, 4.69) is 50.9 Å². The molecule has 0 spiro atoms. The molecule has 3 nitrogen and oxygen atoms in total. The lowest BCUT2D eigenvalue weighted by Gasteiger charge is -2.08. The van der Waals surface area contributed by atoms with Crippen molar-refractivity contribution in [3.63, 3.8) is 0 Å². The largest absolute Gasteiger partial charge is 0.299 e. The van der Waals surface area contributed by atoms with Gasteiger partial charge in [-0.15, -0.1) is 11.3 Å². The number of fused-ring (bicyclic) bond motifs is 1. The number of unbranched alkanes of at least 4 members (excludes halogenated alkanes) is 2. The highest BCUT2D eigenvalue weighted by molar-refractivity contribution is 7.19. The molecule has 2 heterocycles. The highest BCUT2D eigenvalue weighted by Crippen LogP contribution is 2.36. The van der Waals surface area contributed by atoms with E-state index in [9.17, 15) is 4.79 Å². The Balaban J connectivity index is 2.16. The third kappa shape index (κ3) is 3.03. The van der Waals surface area contributed by atoms with Gasteiger partial charge in [0.15, 0.2) is 0 Å². The van der Waals surface area contributed by atoms with E-state index >= 15 is 0 Å². The van der Waals surface area contributed by atoms with Crippen LogP contribution in [0.5, 0.6) is 0 Å². The van der Waals surface area contributed by atoms with Gasteiger partial charge in [0, 0.05) is 17.0 Å². The number of hydrogen-bond acceptors (Lipinski definition) is 3. The van der Waals surface area contributed by atoms with E-state index in [-0.39, 0.29) is 5.56 Å². The van der Waals surface area contributed by atoms with E-state index in [1.807, 2.05) is 0 Å². The predicted molar refractivity (Wildman–Crippen MR) is 103 cm³/mol. The molecule has 0 N–H and O–H groups in total. The van der Waals surface area contributed by atoms with Crippen LogP contribution in [0.2, 0.25) is 0 Å². The van der Waals surface area contributed by atoms with E-state index in [4.69, 9.17) is 0 Å². The van der Waals surface area contributed by atoms with Crippen LogP contribution in [-0.4, -0.2) is 9.55 Å². The highest BCUT2D eigenvalue weighted by atomic mass is 32.1. The summed E-state index contributed by atoms with van der Waals surface area (Å²) in [6.07, 6.45) is 5.01. The van der Waals surface area contributed by atoms with Crippen LogP contribution in [0.3, 0.4) is 0 Å². The standard InChI is InChI=1S/C20H24N2OS/c1-5-6-7-10-22-12-21-19-18(20(22)23)17(15(4)24-19)16-9-8-13(2)14(3)11-16/h8-9,11-12H,5-7,10H2,1-4H3. The fourth-order valence-corrected chi connectivity index (χ4v) is 4.08. The first kappa shape index (κ1) is 16.9. The zero-order chi connectivity index (χ0) is 17.3. The zero-order valence-corrected chi connectivity index (χ0v) is 15.7. The highest BCUT2D eigenvalue weighted by Gasteiger charge is 2.17. The topological polar surface area (TPSA) is 34.9 Å². The molecule has 3 rings (SSSR count). The molecule has 0 unspecified atom stereocenters. The Kier molecular flexibility index (Phi) is 4.86. The van der Waals surface area contributed by atoms with Crippen LogP contribution in [0.25, 0.3) is 21.3 Å². The molecule has 0 bridgehead atoms. The van der Waals surface area contributed by atoms with Crippen molar-refractivity contribution in [2.75, 3.05) is 0 Å². The molecule has 0 amide bonds. The number of aromatic nitrogens is 2. The van der Waals surface area contributed by atoms with Crippen molar-refractivity contribution in [2.24, 2.45) is 0 Å². The molecule has 0 radical (unpaired) electrons. The van der Waals surface area contributed by atoms with E-state index < -0.39 is 0 Å². The summed E-state index contributed by atoms with van der Waals surface area (Å²) in [5, 5.41) is 0.778.